The lowest BCUT2D eigenvalue weighted by Crippen LogP contribution is -2.45. The van der Waals surface area contributed by atoms with E-state index in [1.165, 1.54) is 6.26 Å². The molecule has 8 heteroatoms. The SMILES string of the molecule is CCNC(=NCCCNC(=O)c1occc1C)NC1CCC(C(=O)OCC)CC1. The molecule has 0 atom stereocenters. The van der Waals surface area contributed by atoms with E-state index in [0.29, 0.717) is 31.5 Å². The number of aryl methyl sites for hydroxylation is 1. The van der Waals surface area contributed by atoms with E-state index in [1.54, 1.807) is 6.07 Å². The highest BCUT2D eigenvalue weighted by atomic mass is 16.5. The highest BCUT2D eigenvalue weighted by Gasteiger charge is 2.27. The molecular formula is C21H34N4O4. The van der Waals surface area contributed by atoms with Crippen molar-refractivity contribution < 1.29 is 18.7 Å². The summed E-state index contributed by atoms with van der Waals surface area (Å²) < 4.78 is 10.3. The topological polar surface area (TPSA) is 105 Å². The van der Waals surface area contributed by atoms with Gasteiger partial charge in [0.15, 0.2) is 11.7 Å². The fourth-order valence-corrected chi connectivity index (χ4v) is 3.40. The molecule has 8 nitrogen and oxygen atoms in total. The van der Waals surface area contributed by atoms with Gasteiger partial charge in [0.2, 0.25) is 0 Å². The Morgan fingerprint density at radius 3 is 2.59 bits per heavy atom. The molecule has 0 unspecified atom stereocenters. The molecule has 0 radical (unpaired) electrons. The predicted octanol–water partition coefficient (Wildman–Crippen LogP) is 2.38. The van der Waals surface area contributed by atoms with Crippen molar-refractivity contribution in [1.29, 1.82) is 0 Å². The van der Waals surface area contributed by atoms with Crippen LogP contribution in [-0.4, -0.2) is 50.1 Å². The monoisotopic (exact) mass is 406 g/mol. The van der Waals surface area contributed by atoms with E-state index in [9.17, 15) is 9.59 Å². The van der Waals surface area contributed by atoms with Crippen molar-refractivity contribution in [1.82, 2.24) is 16.0 Å². The third kappa shape index (κ3) is 7.44. The zero-order valence-electron chi connectivity index (χ0n) is 17.8. The lowest BCUT2D eigenvalue weighted by atomic mass is 9.86. The number of amides is 1. The summed E-state index contributed by atoms with van der Waals surface area (Å²) in [4.78, 5) is 28.5. The number of esters is 1. The fourth-order valence-electron chi connectivity index (χ4n) is 3.40. The quantitative estimate of drug-likeness (QED) is 0.252. The van der Waals surface area contributed by atoms with Crippen LogP contribution >= 0.6 is 0 Å². The standard InChI is InChI=1S/C21H34N4O4/c1-4-22-21(25-17-9-7-16(8-10-17)20(27)28-5-2)24-13-6-12-23-19(26)18-15(3)11-14-29-18/h11,14,16-17H,4-10,12-13H2,1-3H3,(H,23,26)(H2,22,24,25). The number of rotatable bonds is 9. The van der Waals surface area contributed by atoms with Gasteiger partial charge in [-0.05, 0) is 58.9 Å². The van der Waals surface area contributed by atoms with Gasteiger partial charge in [-0.2, -0.15) is 0 Å². The average Bonchev–Trinajstić information content (AvgIpc) is 3.14. The largest absolute Gasteiger partial charge is 0.466 e. The van der Waals surface area contributed by atoms with E-state index in [2.05, 4.69) is 20.9 Å². The molecule has 0 bridgehead atoms. The third-order valence-electron chi connectivity index (χ3n) is 4.99. The minimum atomic E-state index is -0.195. The Labute approximate surface area is 172 Å². The first kappa shape index (κ1) is 22.8. The maximum Gasteiger partial charge on any atom is 0.308 e. The Bertz CT molecular complexity index is 678. The number of nitrogens with one attached hydrogen (secondary N) is 3. The number of carbonyl (C=O) groups excluding carboxylic acids is 2. The molecule has 0 saturated heterocycles. The van der Waals surface area contributed by atoms with Gasteiger partial charge in [0.25, 0.3) is 5.91 Å². The van der Waals surface area contributed by atoms with Crippen molar-refractivity contribution in [2.24, 2.45) is 10.9 Å². The summed E-state index contributed by atoms with van der Waals surface area (Å²) in [5, 5.41) is 9.57. The van der Waals surface area contributed by atoms with E-state index in [1.807, 2.05) is 20.8 Å². The number of guanidine groups is 1. The molecule has 1 aliphatic rings. The molecule has 1 heterocycles. The Morgan fingerprint density at radius 2 is 1.97 bits per heavy atom. The molecule has 162 valence electrons. The predicted molar refractivity (Wildman–Crippen MR) is 112 cm³/mol. The van der Waals surface area contributed by atoms with Crippen molar-refractivity contribution in [2.45, 2.75) is 58.9 Å². The Balaban J connectivity index is 1.70. The number of hydrogen-bond donors (Lipinski definition) is 3. The van der Waals surface area contributed by atoms with Crippen molar-refractivity contribution >= 4 is 17.8 Å². The second kappa shape index (κ2) is 12.1. The number of carbonyl (C=O) groups is 2. The first-order valence-electron chi connectivity index (χ1n) is 10.6. The zero-order chi connectivity index (χ0) is 21.1. The minimum absolute atomic E-state index is 0.0222. The molecule has 1 amide bonds. The average molecular weight is 407 g/mol. The van der Waals surface area contributed by atoms with Crippen LogP contribution in [-0.2, 0) is 9.53 Å². The Kier molecular flexibility index (Phi) is 9.53. The maximum absolute atomic E-state index is 12.0. The summed E-state index contributed by atoms with van der Waals surface area (Å²) in [6.45, 7) is 8.07. The van der Waals surface area contributed by atoms with Crippen LogP contribution in [0.15, 0.2) is 21.7 Å². The van der Waals surface area contributed by atoms with Gasteiger partial charge in [-0.1, -0.05) is 0 Å². The van der Waals surface area contributed by atoms with Gasteiger partial charge in [-0.3, -0.25) is 14.6 Å². The molecule has 1 aromatic heterocycles. The molecule has 0 aliphatic heterocycles. The number of furan rings is 1. The van der Waals surface area contributed by atoms with Gasteiger partial charge in [0.1, 0.15) is 0 Å². The van der Waals surface area contributed by atoms with E-state index < -0.39 is 0 Å². The van der Waals surface area contributed by atoms with Crippen molar-refractivity contribution in [3.8, 4) is 0 Å². The van der Waals surface area contributed by atoms with Crippen LogP contribution in [0.5, 0.6) is 0 Å². The zero-order valence-corrected chi connectivity index (χ0v) is 17.8. The second-order valence-electron chi connectivity index (χ2n) is 7.25. The second-order valence-corrected chi connectivity index (χ2v) is 7.25. The molecule has 1 aromatic rings. The van der Waals surface area contributed by atoms with Crippen LogP contribution in [0, 0.1) is 12.8 Å². The molecule has 2 rings (SSSR count). The van der Waals surface area contributed by atoms with Crippen LogP contribution in [0.25, 0.3) is 0 Å². The fraction of sp³-hybridized carbons (Fsp3) is 0.667. The lowest BCUT2D eigenvalue weighted by molar-refractivity contribution is -0.149. The smallest absolute Gasteiger partial charge is 0.308 e. The molecule has 3 N–H and O–H groups in total. The van der Waals surface area contributed by atoms with E-state index >= 15 is 0 Å². The van der Waals surface area contributed by atoms with E-state index in [-0.39, 0.29) is 17.8 Å². The van der Waals surface area contributed by atoms with E-state index in [4.69, 9.17) is 9.15 Å². The van der Waals surface area contributed by atoms with Gasteiger partial charge in [-0.25, -0.2) is 0 Å². The molecular weight excluding hydrogens is 372 g/mol. The highest BCUT2D eigenvalue weighted by Crippen LogP contribution is 2.25. The number of nitrogens with zero attached hydrogens (tertiary/aromatic N) is 1. The van der Waals surface area contributed by atoms with Crippen LogP contribution in [0.3, 0.4) is 0 Å². The van der Waals surface area contributed by atoms with Crippen LogP contribution in [0.2, 0.25) is 0 Å². The summed E-state index contributed by atoms with van der Waals surface area (Å²) in [5.74, 6) is 0.898. The third-order valence-corrected chi connectivity index (χ3v) is 4.99. The summed E-state index contributed by atoms with van der Waals surface area (Å²) in [6, 6.07) is 2.08. The van der Waals surface area contributed by atoms with E-state index in [0.717, 1.165) is 50.2 Å². The molecule has 0 spiro atoms. The summed E-state index contributed by atoms with van der Waals surface area (Å²) >= 11 is 0. The molecule has 1 aliphatic carbocycles. The summed E-state index contributed by atoms with van der Waals surface area (Å²) in [6.07, 6.45) is 5.78. The molecule has 29 heavy (non-hydrogen) atoms. The normalized spacial score (nSPS) is 19.5. The van der Waals surface area contributed by atoms with Crippen LogP contribution in [0.4, 0.5) is 0 Å². The number of ether oxygens (including phenoxy) is 1. The van der Waals surface area contributed by atoms with Gasteiger partial charge < -0.3 is 25.1 Å². The summed E-state index contributed by atoms with van der Waals surface area (Å²) in [7, 11) is 0. The van der Waals surface area contributed by atoms with Crippen molar-refractivity contribution in [2.75, 3.05) is 26.2 Å². The lowest BCUT2D eigenvalue weighted by Gasteiger charge is -2.29. The van der Waals surface area contributed by atoms with Crippen LogP contribution < -0.4 is 16.0 Å². The minimum Gasteiger partial charge on any atom is -0.466 e. The van der Waals surface area contributed by atoms with Gasteiger partial charge in [0.05, 0.1) is 18.8 Å². The van der Waals surface area contributed by atoms with Crippen LogP contribution in [0.1, 0.15) is 62.1 Å². The molecule has 1 fully saturated rings. The first-order valence-corrected chi connectivity index (χ1v) is 10.6. The number of hydrogen-bond acceptors (Lipinski definition) is 5. The first-order chi connectivity index (χ1) is 14.0. The molecule has 1 saturated carbocycles. The van der Waals surface area contributed by atoms with Gasteiger partial charge in [-0.15, -0.1) is 0 Å². The Hall–Kier alpha value is -2.51. The van der Waals surface area contributed by atoms with Crippen molar-refractivity contribution in [3.05, 3.63) is 23.7 Å². The highest BCUT2D eigenvalue weighted by molar-refractivity contribution is 5.92. The van der Waals surface area contributed by atoms with Gasteiger partial charge >= 0.3 is 5.97 Å². The maximum atomic E-state index is 12.0. The van der Waals surface area contributed by atoms with Crippen molar-refractivity contribution in [3.63, 3.8) is 0 Å². The van der Waals surface area contributed by atoms with Gasteiger partial charge in [0, 0.05) is 31.2 Å². The molecule has 0 aromatic carbocycles. The summed E-state index contributed by atoms with van der Waals surface area (Å²) in [5.41, 5.74) is 0.830. The number of aliphatic imine (C=N–C) groups is 1. The Morgan fingerprint density at radius 1 is 1.21 bits per heavy atom.